The van der Waals surface area contributed by atoms with Crippen molar-refractivity contribution in [3.05, 3.63) is 78.4 Å². The molecule has 0 atom stereocenters. The first kappa shape index (κ1) is 24.8. The van der Waals surface area contributed by atoms with Gasteiger partial charge in [-0.1, -0.05) is 51.2 Å². The minimum atomic E-state index is 0.798. The first-order valence-corrected chi connectivity index (χ1v) is 13.2. The zero-order valence-corrected chi connectivity index (χ0v) is 20.9. The Morgan fingerprint density at radius 2 is 0.971 bits per heavy atom. The normalized spacial score (nSPS) is 13.9. The van der Waals surface area contributed by atoms with E-state index in [1.807, 2.05) is 48.5 Å². The molecule has 3 aromatic rings. The highest BCUT2D eigenvalue weighted by molar-refractivity contribution is 5.54. The lowest BCUT2D eigenvalue weighted by Crippen LogP contribution is -2.17. The summed E-state index contributed by atoms with van der Waals surface area (Å²) in [5, 5.41) is 17.5. The van der Waals surface area contributed by atoms with E-state index in [4.69, 9.17) is 0 Å². The van der Waals surface area contributed by atoms with Crippen molar-refractivity contribution in [1.29, 1.82) is 0 Å². The highest BCUT2D eigenvalue weighted by Gasteiger charge is 2.11. The molecule has 3 aromatic carbocycles. The Morgan fingerprint density at radius 1 is 0.543 bits per heavy atom. The van der Waals surface area contributed by atoms with Crippen LogP contribution in [-0.4, -0.2) is 13.1 Å². The maximum absolute atomic E-state index is 4.38. The molecular formula is C30H37N5. The second-order valence-electron chi connectivity index (χ2n) is 9.31. The summed E-state index contributed by atoms with van der Waals surface area (Å²) in [5.41, 5.74) is 5.97. The molecule has 0 saturated carbocycles. The van der Waals surface area contributed by atoms with E-state index in [9.17, 15) is 0 Å². The molecule has 1 aliphatic rings. The zero-order valence-electron chi connectivity index (χ0n) is 20.9. The fourth-order valence-electron chi connectivity index (χ4n) is 4.36. The number of anilines is 1. The molecule has 0 aromatic heterocycles. The summed E-state index contributed by atoms with van der Waals surface area (Å²) in [7, 11) is 0. The molecule has 4 rings (SSSR count). The number of unbranched alkanes of at least 4 members (excludes halogenated alkanes) is 5. The molecule has 182 valence electrons. The molecular weight excluding hydrogens is 430 g/mol. The fourth-order valence-corrected chi connectivity index (χ4v) is 4.36. The van der Waals surface area contributed by atoms with E-state index in [2.05, 4.69) is 56.5 Å². The lowest BCUT2D eigenvalue weighted by atomic mass is 10.0. The Bertz CT molecular complexity index is 1060. The minimum absolute atomic E-state index is 0.798. The van der Waals surface area contributed by atoms with Crippen LogP contribution in [0.4, 0.5) is 28.4 Å². The van der Waals surface area contributed by atoms with Gasteiger partial charge in [-0.15, -0.1) is 0 Å². The number of azo groups is 2. The van der Waals surface area contributed by atoms with Crippen molar-refractivity contribution in [2.75, 3.05) is 18.0 Å². The second-order valence-corrected chi connectivity index (χ2v) is 9.31. The molecule has 35 heavy (non-hydrogen) atoms. The average molecular weight is 468 g/mol. The predicted octanol–water partition coefficient (Wildman–Crippen LogP) is 10.0. The molecule has 1 saturated heterocycles. The largest absolute Gasteiger partial charge is 0.372 e. The lowest BCUT2D eigenvalue weighted by molar-refractivity contribution is 0.607. The average Bonchev–Trinajstić information content (AvgIpc) is 3.45. The number of nitrogens with zero attached hydrogens (tertiary/aromatic N) is 5. The van der Waals surface area contributed by atoms with Gasteiger partial charge < -0.3 is 4.90 Å². The monoisotopic (exact) mass is 467 g/mol. The minimum Gasteiger partial charge on any atom is -0.372 e. The topological polar surface area (TPSA) is 52.7 Å². The molecule has 0 spiro atoms. The van der Waals surface area contributed by atoms with E-state index in [1.165, 1.54) is 62.6 Å². The van der Waals surface area contributed by atoms with Crippen LogP contribution >= 0.6 is 0 Å². The van der Waals surface area contributed by atoms with E-state index in [0.29, 0.717) is 0 Å². The van der Waals surface area contributed by atoms with Gasteiger partial charge in [0.15, 0.2) is 0 Å². The molecule has 0 N–H and O–H groups in total. The highest BCUT2D eigenvalue weighted by atomic mass is 15.1. The first-order valence-electron chi connectivity index (χ1n) is 13.2. The Kier molecular flexibility index (Phi) is 9.57. The van der Waals surface area contributed by atoms with Crippen molar-refractivity contribution >= 4 is 28.4 Å². The third-order valence-electron chi connectivity index (χ3n) is 6.49. The van der Waals surface area contributed by atoms with Crippen LogP contribution in [-0.2, 0) is 6.42 Å². The Labute approximate surface area is 210 Å². The van der Waals surface area contributed by atoms with Gasteiger partial charge in [0.1, 0.15) is 0 Å². The maximum atomic E-state index is 4.38. The molecule has 0 radical (unpaired) electrons. The van der Waals surface area contributed by atoms with E-state index in [1.54, 1.807) is 0 Å². The SMILES string of the molecule is CCCCCCCCc1ccc(/N=N/c2ccc(/N=N/c3ccc(N4CCCC4)cc3)cc2)cc1. The van der Waals surface area contributed by atoms with Crippen LogP contribution in [0.25, 0.3) is 0 Å². The van der Waals surface area contributed by atoms with Crippen LogP contribution in [0.2, 0.25) is 0 Å². The highest BCUT2D eigenvalue weighted by Crippen LogP contribution is 2.26. The van der Waals surface area contributed by atoms with Crippen molar-refractivity contribution < 1.29 is 0 Å². The van der Waals surface area contributed by atoms with Crippen LogP contribution in [0.5, 0.6) is 0 Å². The van der Waals surface area contributed by atoms with Crippen LogP contribution < -0.4 is 4.90 Å². The van der Waals surface area contributed by atoms with E-state index in [-0.39, 0.29) is 0 Å². The summed E-state index contributed by atoms with van der Waals surface area (Å²) in [6.07, 6.45) is 11.7. The Balaban J connectivity index is 1.23. The van der Waals surface area contributed by atoms with Gasteiger partial charge >= 0.3 is 0 Å². The third-order valence-corrected chi connectivity index (χ3v) is 6.49. The maximum Gasteiger partial charge on any atom is 0.0858 e. The number of aryl methyl sites for hydroxylation is 1. The number of benzene rings is 3. The molecule has 1 aliphatic heterocycles. The Morgan fingerprint density at radius 3 is 1.49 bits per heavy atom. The summed E-state index contributed by atoms with van der Waals surface area (Å²) in [4.78, 5) is 2.42. The molecule has 5 heteroatoms. The standard InChI is InChI=1S/C30H37N5/c1-2-3-4-5-6-7-10-25-11-13-26(14-12-25)31-32-27-15-17-28(18-16-27)33-34-29-19-21-30(22-20-29)35-23-8-9-24-35/h11-22H,2-10,23-24H2,1H3/b32-31+,34-33+. The van der Waals surface area contributed by atoms with Gasteiger partial charge in [-0.2, -0.15) is 20.5 Å². The van der Waals surface area contributed by atoms with Crippen molar-refractivity contribution in [2.45, 2.75) is 64.7 Å². The van der Waals surface area contributed by atoms with Crippen LogP contribution in [0.15, 0.2) is 93.3 Å². The number of rotatable bonds is 12. The number of hydrogen-bond donors (Lipinski definition) is 0. The van der Waals surface area contributed by atoms with E-state index in [0.717, 1.165) is 42.3 Å². The number of hydrogen-bond acceptors (Lipinski definition) is 5. The second kappa shape index (κ2) is 13.5. The van der Waals surface area contributed by atoms with Crippen LogP contribution in [0.1, 0.15) is 63.9 Å². The molecule has 1 fully saturated rings. The summed E-state index contributed by atoms with van der Waals surface area (Å²) in [5.74, 6) is 0. The fraction of sp³-hybridized carbons (Fsp3) is 0.400. The van der Waals surface area contributed by atoms with Crippen molar-refractivity contribution in [1.82, 2.24) is 0 Å². The molecule has 1 heterocycles. The van der Waals surface area contributed by atoms with Crippen molar-refractivity contribution in [3.63, 3.8) is 0 Å². The van der Waals surface area contributed by atoms with Crippen LogP contribution in [0.3, 0.4) is 0 Å². The van der Waals surface area contributed by atoms with Gasteiger partial charge in [-0.25, -0.2) is 0 Å². The summed E-state index contributed by atoms with van der Waals surface area (Å²) in [6, 6.07) is 24.4. The predicted molar refractivity (Wildman–Crippen MR) is 146 cm³/mol. The molecule has 0 amide bonds. The smallest absolute Gasteiger partial charge is 0.0858 e. The van der Waals surface area contributed by atoms with Gasteiger partial charge in [0.05, 0.1) is 22.7 Å². The lowest BCUT2D eigenvalue weighted by Gasteiger charge is -2.17. The van der Waals surface area contributed by atoms with Gasteiger partial charge in [0.25, 0.3) is 0 Å². The zero-order chi connectivity index (χ0) is 24.1. The molecule has 5 nitrogen and oxygen atoms in total. The molecule has 0 aliphatic carbocycles. The van der Waals surface area contributed by atoms with Crippen molar-refractivity contribution in [3.8, 4) is 0 Å². The van der Waals surface area contributed by atoms with Gasteiger partial charge in [0, 0.05) is 18.8 Å². The van der Waals surface area contributed by atoms with Crippen molar-refractivity contribution in [2.24, 2.45) is 20.5 Å². The van der Waals surface area contributed by atoms with E-state index >= 15 is 0 Å². The molecule has 0 bridgehead atoms. The Hall–Kier alpha value is -3.34. The summed E-state index contributed by atoms with van der Waals surface area (Å²) >= 11 is 0. The van der Waals surface area contributed by atoms with Gasteiger partial charge in [0.2, 0.25) is 0 Å². The van der Waals surface area contributed by atoms with Gasteiger partial charge in [-0.3, -0.25) is 0 Å². The molecule has 0 unspecified atom stereocenters. The quantitative estimate of drug-likeness (QED) is 0.193. The summed E-state index contributed by atoms with van der Waals surface area (Å²) in [6.45, 7) is 4.56. The summed E-state index contributed by atoms with van der Waals surface area (Å²) < 4.78 is 0. The van der Waals surface area contributed by atoms with Gasteiger partial charge in [-0.05, 0) is 91.9 Å². The van der Waals surface area contributed by atoms with Crippen LogP contribution in [0, 0.1) is 0 Å². The third kappa shape index (κ3) is 8.13. The van der Waals surface area contributed by atoms with E-state index < -0.39 is 0 Å². The first-order chi connectivity index (χ1) is 17.3.